The van der Waals surface area contributed by atoms with Crippen molar-refractivity contribution < 1.29 is 4.79 Å². The summed E-state index contributed by atoms with van der Waals surface area (Å²) in [5.41, 5.74) is 1.07. The van der Waals surface area contributed by atoms with Crippen molar-refractivity contribution in [3.8, 4) is 0 Å². The van der Waals surface area contributed by atoms with Gasteiger partial charge in [0, 0.05) is 13.0 Å². The van der Waals surface area contributed by atoms with Gasteiger partial charge in [-0.2, -0.15) is 0 Å². The van der Waals surface area contributed by atoms with Gasteiger partial charge in [0.25, 0.3) is 0 Å². The summed E-state index contributed by atoms with van der Waals surface area (Å²) >= 11 is 11.6. The van der Waals surface area contributed by atoms with Crippen LogP contribution in [0.2, 0.25) is 10.0 Å². The topological polar surface area (TPSA) is 29.1 Å². The highest BCUT2D eigenvalue weighted by Crippen LogP contribution is 2.22. The van der Waals surface area contributed by atoms with Gasteiger partial charge in [0.05, 0.1) is 10.0 Å². The zero-order chi connectivity index (χ0) is 11.3. The molecule has 0 spiro atoms. The SMILES string of the molecule is CCC(=O)NCCc1ccc(Cl)c(Cl)c1. The molecule has 15 heavy (non-hydrogen) atoms. The minimum absolute atomic E-state index is 0.0649. The Kier molecular flexibility index (Phi) is 4.92. The molecule has 1 N–H and O–H groups in total. The molecule has 0 saturated carbocycles. The van der Waals surface area contributed by atoms with Crippen LogP contribution in [-0.4, -0.2) is 12.5 Å². The van der Waals surface area contributed by atoms with Crippen molar-refractivity contribution in [1.82, 2.24) is 5.32 Å². The fourth-order valence-electron chi connectivity index (χ4n) is 1.17. The Morgan fingerprint density at radius 3 is 2.67 bits per heavy atom. The van der Waals surface area contributed by atoms with Crippen molar-refractivity contribution in [2.24, 2.45) is 0 Å². The summed E-state index contributed by atoms with van der Waals surface area (Å²) in [7, 11) is 0. The first kappa shape index (κ1) is 12.3. The summed E-state index contributed by atoms with van der Waals surface area (Å²) in [6.45, 7) is 2.46. The van der Waals surface area contributed by atoms with E-state index < -0.39 is 0 Å². The molecule has 1 rings (SSSR count). The molecule has 0 aliphatic carbocycles. The second-order valence-electron chi connectivity index (χ2n) is 3.20. The van der Waals surface area contributed by atoms with Crippen LogP contribution in [0.1, 0.15) is 18.9 Å². The summed E-state index contributed by atoms with van der Waals surface area (Å²) in [6, 6.07) is 5.50. The number of carbonyl (C=O) groups excluding carboxylic acids is 1. The molecule has 1 amide bonds. The monoisotopic (exact) mass is 245 g/mol. The van der Waals surface area contributed by atoms with Crippen molar-refractivity contribution in [1.29, 1.82) is 0 Å². The average Bonchev–Trinajstić information content (AvgIpc) is 2.23. The quantitative estimate of drug-likeness (QED) is 0.869. The third-order valence-corrected chi connectivity index (χ3v) is 2.78. The van der Waals surface area contributed by atoms with Gasteiger partial charge in [-0.15, -0.1) is 0 Å². The van der Waals surface area contributed by atoms with Gasteiger partial charge in [-0.25, -0.2) is 0 Å². The zero-order valence-electron chi connectivity index (χ0n) is 8.52. The van der Waals surface area contributed by atoms with Gasteiger partial charge in [0.15, 0.2) is 0 Å². The summed E-state index contributed by atoms with van der Waals surface area (Å²) in [6.07, 6.45) is 1.28. The first-order chi connectivity index (χ1) is 7.13. The molecule has 0 bridgehead atoms. The van der Waals surface area contributed by atoms with Crippen LogP contribution >= 0.6 is 23.2 Å². The van der Waals surface area contributed by atoms with Crippen LogP contribution in [0.15, 0.2) is 18.2 Å². The van der Waals surface area contributed by atoms with Gasteiger partial charge in [-0.1, -0.05) is 36.2 Å². The Hall–Kier alpha value is -0.730. The van der Waals surface area contributed by atoms with Gasteiger partial charge in [0.1, 0.15) is 0 Å². The second-order valence-corrected chi connectivity index (χ2v) is 4.02. The summed E-state index contributed by atoms with van der Waals surface area (Å²) < 4.78 is 0. The van der Waals surface area contributed by atoms with E-state index in [-0.39, 0.29) is 5.91 Å². The summed E-state index contributed by atoms with van der Waals surface area (Å²) in [4.78, 5) is 11.0. The highest BCUT2D eigenvalue weighted by atomic mass is 35.5. The van der Waals surface area contributed by atoms with Gasteiger partial charge in [-0.3, -0.25) is 4.79 Å². The van der Waals surface area contributed by atoms with Crippen LogP contribution in [0.3, 0.4) is 0 Å². The summed E-state index contributed by atoms with van der Waals surface area (Å²) in [5, 5.41) is 3.91. The largest absolute Gasteiger partial charge is 0.356 e. The maximum atomic E-state index is 11.0. The van der Waals surface area contributed by atoms with Crippen LogP contribution in [0.4, 0.5) is 0 Å². The summed E-state index contributed by atoms with van der Waals surface area (Å²) in [5.74, 6) is 0.0649. The molecular weight excluding hydrogens is 233 g/mol. The third kappa shape index (κ3) is 4.10. The number of amides is 1. The Balaban J connectivity index is 2.44. The first-order valence-corrected chi connectivity index (χ1v) is 5.59. The van der Waals surface area contributed by atoms with Gasteiger partial charge in [0.2, 0.25) is 5.91 Å². The Labute approximate surface area is 99.6 Å². The fraction of sp³-hybridized carbons (Fsp3) is 0.364. The highest BCUT2D eigenvalue weighted by Gasteiger charge is 2.00. The maximum absolute atomic E-state index is 11.0. The fourth-order valence-corrected chi connectivity index (χ4v) is 1.49. The van der Waals surface area contributed by atoms with Crippen LogP contribution in [0.25, 0.3) is 0 Å². The lowest BCUT2D eigenvalue weighted by atomic mass is 10.1. The van der Waals surface area contributed by atoms with Crippen LogP contribution < -0.4 is 5.32 Å². The molecule has 0 saturated heterocycles. The lowest BCUT2D eigenvalue weighted by Gasteiger charge is -2.04. The Morgan fingerprint density at radius 2 is 2.07 bits per heavy atom. The van der Waals surface area contributed by atoms with E-state index in [9.17, 15) is 4.79 Å². The van der Waals surface area contributed by atoms with Crippen molar-refractivity contribution in [3.63, 3.8) is 0 Å². The Morgan fingerprint density at radius 1 is 1.33 bits per heavy atom. The smallest absolute Gasteiger partial charge is 0.219 e. The van der Waals surface area contributed by atoms with Crippen molar-refractivity contribution in [2.45, 2.75) is 19.8 Å². The molecule has 1 aromatic rings. The standard InChI is InChI=1S/C11H13Cl2NO/c1-2-11(15)14-6-5-8-3-4-9(12)10(13)7-8/h3-4,7H,2,5-6H2,1H3,(H,14,15). The van der Waals surface area contributed by atoms with Gasteiger partial charge in [-0.05, 0) is 24.1 Å². The van der Waals surface area contributed by atoms with E-state index >= 15 is 0 Å². The highest BCUT2D eigenvalue weighted by molar-refractivity contribution is 6.42. The molecule has 0 radical (unpaired) electrons. The average molecular weight is 246 g/mol. The van der Waals surface area contributed by atoms with E-state index in [0.29, 0.717) is 23.0 Å². The second kappa shape index (κ2) is 5.99. The molecule has 1 aromatic carbocycles. The molecule has 0 aliphatic heterocycles. The third-order valence-electron chi connectivity index (χ3n) is 2.04. The lowest BCUT2D eigenvalue weighted by Crippen LogP contribution is -2.24. The van der Waals surface area contributed by atoms with Gasteiger partial charge < -0.3 is 5.32 Å². The maximum Gasteiger partial charge on any atom is 0.219 e. The molecular formula is C11H13Cl2NO. The number of halogens is 2. The van der Waals surface area contributed by atoms with Crippen molar-refractivity contribution in [2.75, 3.05) is 6.54 Å². The number of rotatable bonds is 4. The predicted octanol–water partition coefficient (Wildman–Crippen LogP) is 3.06. The van der Waals surface area contributed by atoms with Crippen molar-refractivity contribution >= 4 is 29.1 Å². The molecule has 0 fully saturated rings. The Bertz CT molecular complexity index is 352. The number of benzene rings is 1. The first-order valence-electron chi connectivity index (χ1n) is 4.84. The number of hydrogen-bond acceptors (Lipinski definition) is 1. The molecule has 82 valence electrons. The minimum atomic E-state index is 0.0649. The van der Waals surface area contributed by atoms with Crippen LogP contribution in [0, 0.1) is 0 Å². The van der Waals surface area contributed by atoms with Crippen molar-refractivity contribution in [3.05, 3.63) is 33.8 Å². The molecule has 0 unspecified atom stereocenters. The number of hydrogen-bond donors (Lipinski definition) is 1. The van der Waals surface area contributed by atoms with E-state index in [1.807, 2.05) is 19.1 Å². The lowest BCUT2D eigenvalue weighted by molar-refractivity contribution is -0.120. The molecule has 0 aliphatic rings. The number of nitrogens with one attached hydrogen (secondary N) is 1. The normalized spacial score (nSPS) is 10.1. The van der Waals surface area contributed by atoms with Crippen LogP contribution in [-0.2, 0) is 11.2 Å². The predicted molar refractivity (Wildman–Crippen MR) is 63.5 cm³/mol. The van der Waals surface area contributed by atoms with E-state index in [1.165, 1.54) is 0 Å². The molecule has 0 atom stereocenters. The molecule has 2 nitrogen and oxygen atoms in total. The van der Waals surface area contributed by atoms with E-state index in [1.54, 1.807) is 6.07 Å². The number of carbonyl (C=O) groups is 1. The van der Waals surface area contributed by atoms with E-state index in [4.69, 9.17) is 23.2 Å². The van der Waals surface area contributed by atoms with Crippen LogP contribution in [0.5, 0.6) is 0 Å². The van der Waals surface area contributed by atoms with Gasteiger partial charge >= 0.3 is 0 Å². The van der Waals surface area contributed by atoms with E-state index in [2.05, 4.69) is 5.32 Å². The van der Waals surface area contributed by atoms with E-state index in [0.717, 1.165) is 12.0 Å². The zero-order valence-corrected chi connectivity index (χ0v) is 10.0. The molecule has 0 aromatic heterocycles. The molecule has 0 heterocycles. The molecule has 4 heteroatoms. The minimum Gasteiger partial charge on any atom is -0.356 e.